The number of benzene rings is 10. The lowest BCUT2D eigenvalue weighted by molar-refractivity contribution is 1.07. The highest BCUT2D eigenvalue weighted by Gasteiger charge is 2.16. The topological polar surface area (TPSA) is 38.7 Å². The fourth-order valence-corrected chi connectivity index (χ4v) is 8.50. The first-order valence-electron chi connectivity index (χ1n) is 20.3. The Balaban J connectivity index is 1.03. The van der Waals surface area contributed by atoms with Gasteiger partial charge in [-0.2, -0.15) is 0 Å². The lowest BCUT2D eigenvalue weighted by Crippen LogP contribution is -2.00. The maximum absolute atomic E-state index is 5.22. The fourth-order valence-electron chi connectivity index (χ4n) is 8.50. The molecule has 0 amide bonds. The van der Waals surface area contributed by atoms with Gasteiger partial charge in [0.15, 0.2) is 17.5 Å². The minimum atomic E-state index is 0.622. The summed E-state index contributed by atoms with van der Waals surface area (Å²) in [5.41, 5.74) is 12.1. The van der Waals surface area contributed by atoms with Crippen LogP contribution in [0.4, 0.5) is 0 Å². The van der Waals surface area contributed by atoms with Crippen LogP contribution in [-0.2, 0) is 0 Å². The Morgan fingerprint density at radius 1 is 0.200 bits per heavy atom. The van der Waals surface area contributed by atoms with Crippen molar-refractivity contribution in [3.05, 3.63) is 224 Å². The first kappa shape index (κ1) is 35.2. The average Bonchev–Trinajstić information content (AvgIpc) is 3.33. The molecule has 0 atom stereocenters. The van der Waals surface area contributed by atoms with E-state index >= 15 is 0 Å². The molecule has 0 saturated heterocycles. The van der Waals surface area contributed by atoms with Crippen molar-refractivity contribution in [2.75, 3.05) is 0 Å². The van der Waals surface area contributed by atoms with Crippen LogP contribution >= 0.6 is 0 Å². The second-order valence-corrected chi connectivity index (χ2v) is 15.2. The van der Waals surface area contributed by atoms with E-state index in [1.807, 2.05) is 0 Å². The second kappa shape index (κ2) is 15.1. The number of aromatic nitrogens is 3. The van der Waals surface area contributed by atoms with E-state index in [-0.39, 0.29) is 0 Å². The van der Waals surface area contributed by atoms with Gasteiger partial charge < -0.3 is 0 Å². The monoisotopic (exact) mass is 763 g/mol. The van der Waals surface area contributed by atoms with Crippen molar-refractivity contribution in [1.29, 1.82) is 0 Å². The highest BCUT2D eigenvalue weighted by Crippen LogP contribution is 2.37. The van der Waals surface area contributed by atoms with Crippen molar-refractivity contribution in [2.24, 2.45) is 0 Å². The average molecular weight is 764 g/mol. The maximum Gasteiger partial charge on any atom is 0.164 e. The summed E-state index contributed by atoms with van der Waals surface area (Å²) in [5.74, 6) is 1.87. The van der Waals surface area contributed by atoms with Crippen molar-refractivity contribution in [3.63, 3.8) is 0 Å². The molecule has 1 heterocycles. The first-order valence-corrected chi connectivity index (χ1v) is 20.3. The predicted octanol–water partition coefficient (Wildman–Crippen LogP) is 15.0. The third-order valence-electron chi connectivity index (χ3n) is 11.5. The number of nitrogens with zero attached hydrogens (tertiary/aromatic N) is 3. The minimum absolute atomic E-state index is 0.622. The minimum Gasteiger partial charge on any atom is -0.208 e. The van der Waals surface area contributed by atoms with Crippen molar-refractivity contribution < 1.29 is 0 Å². The van der Waals surface area contributed by atoms with E-state index in [1.165, 1.54) is 54.6 Å². The van der Waals surface area contributed by atoms with Crippen LogP contribution in [-0.4, -0.2) is 15.0 Å². The normalized spacial score (nSPS) is 11.3. The predicted molar refractivity (Wildman–Crippen MR) is 250 cm³/mol. The third kappa shape index (κ3) is 6.58. The van der Waals surface area contributed by atoms with Gasteiger partial charge in [-0.1, -0.05) is 206 Å². The van der Waals surface area contributed by atoms with Crippen LogP contribution in [0, 0.1) is 0 Å². The quantitative estimate of drug-likeness (QED) is 0.162. The zero-order chi connectivity index (χ0) is 39.8. The van der Waals surface area contributed by atoms with Gasteiger partial charge in [-0.3, -0.25) is 0 Å². The molecular weight excluding hydrogens is 727 g/mol. The molecule has 280 valence electrons. The van der Waals surface area contributed by atoms with E-state index in [9.17, 15) is 0 Å². The van der Waals surface area contributed by atoms with Gasteiger partial charge in [0.25, 0.3) is 0 Å². The Hall–Kier alpha value is -8.01. The molecule has 0 radical (unpaired) electrons. The number of fused-ring (bicyclic) bond motifs is 3. The van der Waals surface area contributed by atoms with Gasteiger partial charge in [0.2, 0.25) is 0 Å². The third-order valence-corrected chi connectivity index (χ3v) is 11.5. The first-order chi connectivity index (χ1) is 29.7. The number of hydrogen-bond donors (Lipinski definition) is 0. The Bertz CT molecular complexity index is 3360. The molecule has 0 bridgehead atoms. The smallest absolute Gasteiger partial charge is 0.164 e. The van der Waals surface area contributed by atoms with E-state index in [4.69, 9.17) is 15.0 Å². The van der Waals surface area contributed by atoms with Gasteiger partial charge >= 0.3 is 0 Å². The summed E-state index contributed by atoms with van der Waals surface area (Å²) in [7, 11) is 0. The maximum atomic E-state index is 5.22. The van der Waals surface area contributed by atoms with Gasteiger partial charge in [-0.05, 0) is 95.0 Å². The van der Waals surface area contributed by atoms with Gasteiger partial charge in [0.1, 0.15) is 0 Å². The van der Waals surface area contributed by atoms with E-state index < -0.39 is 0 Å². The molecule has 0 aliphatic rings. The Labute approximate surface area is 349 Å². The van der Waals surface area contributed by atoms with Crippen LogP contribution in [0.5, 0.6) is 0 Å². The van der Waals surface area contributed by atoms with Crippen LogP contribution in [0.1, 0.15) is 0 Å². The molecule has 3 nitrogen and oxygen atoms in total. The molecule has 0 aliphatic heterocycles. The number of hydrogen-bond acceptors (Lipinski definition) is 3. The van der Waals surface area contributed by atoms with E-state index in [2.05, 4.69) is 224 Å². The highest BCUT2D eigenvalue weighted by molar-refractivity contribution is 6.05. The van der Waals surface area contributed by atoms with Gasteiger partial charge in [0, 0.05) is 16.7 Å². The Morgan fingerprint density at radius 2 is 0.617 bits per heavy atom. The van der Waals surface area contributed by atoms with Crippen molar-refractivity contribution >= 4 is 32.3 Å². The highest BCUT2D eigenvalue weighted by atomic mass is 15.0. The SMILES string of the molecule is c1ccc(-c2cccc3c(-c4cccc(-c5nc(-c6ccc(-c7ccc8ccccc8c7)cc6)nc(-c6cccc(-c7cccc8ccccc78)c6)n5)c4)cccc23)cc1. The summed E-state index contributed by atoms with van der Waals surface area (Å²) in [6.07, 6.45) is 0. The zero-order valence-corrected chi connectivity index (χ0v) is 32.7. The molecule has 60 heavy (non-hydrogen) atoms. The Kier molecular flexibility index (Phi) is 8.83. The Morgan fingerprint density at radius 3 is 1.28 bits per heavy atom. The van der Waals surface area contributed by atoms with Crippen LogP contribution in [0.2, 0.25) is 0 Å². The molecule has 0 fully saturated rings. The van der Waals surface area contributed by atoms with Crippen LogP contribution in [0.15, 0.2) is 224 Å². The standard InChI is InChI=1S/C57H37N3/c1-2-14-40(15-3-1)50-25-11-28-54-52(26-12-27-53(50)54)46-20-9-22-48(37-46)57-59-55(42-32-29-39(30-33-42)44-34-31-38-13-4-5-17-43(38)35-44)58-56(60-57)47-21-8-19-45(36-47)51-24-10-18-41-16-6-7-23-49(41)51/h1-37H. The van der Waals surface area contributed by atoms with Crippen molar-refractivity contribution in [3.8, 4) is 78.7 Å². The van der Waals surface area contributed by atoms with Crippen molar-refractivity contribution in [1.82, 2.24) is 15.0 Å². The zero-order valence-electron chi connectivity index (χ0n) is 32.7. The molecule has 11 rings (SSSR count). The molecule has 0 unspecified atom stereocenters. The molecule has 3 heteroatoms. The largest absolute Gasteiger partial charge is 0.208 e. The second-order valence-electron chi connectivity index (χ2n) is 15.2. The van der Waals surface area contributed by atoms with E-state index in [0.29, 0.717) is 17.5 Å². The lowest BCUT2D eigenvalue weighted by atomic mass is 9.92. The summed E-state index contributed by atoms with van der Waals surface area (Å²) in [5, 5.41) is 7.29. The molecule has 0 aliphatic carbocycles. The number of rotatable bonds is 7. The fraction of sp³-hybridized carbons (Fsp3) is 0. The van der Waals surface area contributed by atoms with E-state index in [0.717, 1.165) is 38.9 Å². The molecule has 0 N–H and O–H groups in total. The molecule has 0 spiro atoms. The summed E-state index contributed by atoms with van der Waals surface area (Å²) < 4.78 is 0. The van der Waals surface area contributed by atoms with E-state index in [1.54, 1.807) is 0 Å². The van der Waals surface area contributed by atoms with Crippen LogP contribution in [0.25, 0.3) is 111 Å². The van der Waals surface area contributed by atoms with Gasteiger partial charge in [-0.15, -0.1) is 0 Å². The van der Waals surface area contributed by atoms with Gasteiger partial charge in [-0.25, -0.2) is 15.0 Å². The summed E-state index contributed by atoms with van der Waals surface area (Å²) in [6.45, 7) is 0. The summed E-state index contributed by atoms with van der Waals surface area (Å²) >= 11 is 0. The van der Waals surface area contributed by atoms with Crippen LogP contribution < -0.4 is 0 Å². The van der Waals surface area contributed by atoms with Gasteiger partial charge in [0.05, 0.1) is 0 Å². The lowest BCUT2D eigenvalue weighted by Gasteiger charge is -2.13. The van der Waals surface area contributed by atoms with Crippen molar-refractivity contribution in [2.45, 2.75) is 0 Å². The molecule has 1 aromatic heterocycles. The molecule has 11 aromatic rings. The molecule has 0 saturated carbocycles. The molecular formula is C57H37N3. The van der Waals surface area contributed by atoms with Crippen LogP contribution in [0.3, 0.4) is 0 Å². The summed E-state index contributed by atoms with van der Waals surface area (Å²) in [6, 6.07) is 79.5. The summed E-state index contributed by atoms with van der Waals surface area (Å²) in [4.78, 5) is 15.6. The molecule has 10 aromatic carbocycles.